The van der Waals surface area contributed by atoms with Crippen LogP contribution >= 0.6 is 0 Å². The molecule has 300 valence electrons. The van der Waals surface area contributed by atoms with E-state index in [1.807, 2.05) is 0 Å². The predicted molar refractivity (Wildman–Crippen MR) is 268 cm³/mol. The number of hydrogen-bond acceptors (Lipinski definition) is 1. The van der Waals surface area contributed by atoms with Gasteiger partial charge in [0, 0.05) is 66.7 Å². The van der Waals surface area contributed by atoms with Crippen LogP contribution in [0.1, 0.15) is 11.5 Å². The maximum Gasteiger partial charge on any atom is 0.0629 e. The normalized spacial score (nSPS) is 15.7. The van der Waals surface area contributed by atoms with Crippen LogP contribution in [0, 0.1) is 0 Å². The van der Waals surface area contributed by atoms with Gasteiger partial charge in [-0.25, -0.2) is 0 Å². The first kappa shape index (κ1) is 35.3. The molecule has 12 aromatic rings. The average Bonchev–Trinajstić information content (AvgIpc) is 4.09. The molecule has 4 heteroatoms. The molecule has 0 fully saturated rings. The van der Waals surface area contributed by atoms with E-state index in [1.165, 1.54) is 76.7 Å². The number of allylic oxidation sites excluding steroid dienone is 2. The van der Waals surface area contributed by atoms with Crippen LogP contribution in [-0.4, -0.2) is 19.7 Å². The van der Waals surface area contributed by atoms with Crippen molar-refractivity contribution in [1.29, 1.82) is 0 Å². The minimum absolute atomic E-state index is 0.153. The van der Waals surface area contributed by atoms with E-state index in [2.05, 4.69) is 249 Å². The Kier molecular flexibility index (Phi) is 7.48. The van der Waals surface area contributed by atoms with Gasteiger partial charge in [0.2, 0.25) is 0 Å². The molecular weight excluding hydrogens is 777 g/mol. The van der Waals surface area contributed by atoms with Crippen molar-refractivity contribution in [1.82, 2.24) is 13.7 Å². The van der Waals surface area contributed by atoms with Gasteiger partial charge in [0.25, 0.3) is 0 Å². The van der Waals surface area contributed by atoms with E-state index in [9.17, 15) is 0 Å². The number of para-hydroxylation sites is 7. The van der Waals surface area contributed by atoms with Crippen LogP contribution in [-0.2, 0) is 0 Å². The van der Waals surface area contributed by atoms with E-state index in [1.54, 1.807) is 0 Å². The first-order valence-electron chi connectivity index (χ1n) is 22.3. The van der Waals surface area contributed by atoms with Crippen molar-refractivity contribution in [3.63, 3.8) is 0 Å². The Labute approximate surface area is 370 Å². The van der Waals surface area contributed by atoms with Crippen molar-refractivity contribution >= 4 is 76.8 Å². The molecule has 2 unspecified atom stereocenters. The quantitative estimate of drug-likeness (QED) is 0.169. The fourth-order valence-electron chi connectivity index (χ4n) is 11.2. The topological polar surface area (TPSA) is 18.0 Å². The molecule has 14 rings (SSSR count). The summed E-state index contributed by atoms with van der Waals surface area (Å²) in [4.78, 5) is 2.57. The molecule has 9 aromatic carbocycles. The Morgan fingerprint density at radius 3 is 1.05 bits per heavy atom. The predicted octanol–water partition coefficient (Wildman–Crippen LogP) is 15.4. The standard InChI is InChI=1S/C60H40N4/c1-9-25-53-45(17-1)46-18-2-10-26-54(46)61(53)41-33-39(34-42(37-41)62-55-27-11-3-19-47(55)48-20-4-12-28-56(48)62)40-35-43(63-57-29-13-5-21-49(57)50-22-6-14-30-58(50)63)38-44(36-40)64-59-31-15-7-23-51(59)52-24-8-16-32-60(52)64/h1-38,45,53H. The molecule has 0 amide bonds. The summed E-state index contributed by atoms with van der Waals surface area (Å²) in [6.07, 6.45) is 9.16. The molecule has 0 radical (unpaired) electrons. The van der Waals surface area contributed by atoms with Gasteiger partial charge in [0.05, 0.1) is 39.1 Å². The summed E-state index contributed by atoms with van der Waals surface area (Å²) in [6, 6.07) is 76.6. The smallest absolute Gasteiger partial charge is 0.0629 e. The summed E-state index contributed by atoms with van der Waals surface area (Å²) < 4.78 is 7.39. The third-order valence-electron chi connectivity index (χ3n) is 13.9. The molecule has 2 atom stereocenters. The highest BCUT2D eigenvalue weighted by Gasteiger charge is 2.37. The molecule has 4 nitrogen and oxygen atoms in total. The number of aromatic nitrogens is 3. The Hall–Kier alpha value is -8.34. The van der Waals surface area contributed by atoms with Crippen molar-refractivity contribution in [2.45, 2.75) is 12.0 Å². The van der Waals surface area contributed by atoms with Crippen molar-refractivity contribution in [3.05, 3.63) is 236 Å². The van der Waals surface area contributed by atoms with Gasteiger partial charge in [-0.3, -0.25) is 0 Å². The molecule has 0 saturated carbocycles. The van der Waals surface area contributed by atoms with Gasteiger partial charge < -0.3 is 18.6 Å². The molecule has 0 N–H and O–H groups in total. The van der Waals surface area contributed by atoms with Crippen LogP contribution in [0.25, 0.3) is 93.6 Å². The molecule has 0 saturated heterocycles. The lowest BCUT2D eigenvalue weighted by Gasteiger charge is -2.30. The van der Waals surface area contributed by atoms with Gasteiger partial charge >= 0.3 is 0 Å². The van der Waals surface area contributed by atoms with Crippen molar-refractivity contribution in [2.75, 3.05) is 4.90 Å². The largest absolute Gasteiger partial charge is 0.333 e. The molecule has 4 heterocycles. The maximum atomic E-state index is 2.57. The average molecular weight is 817 g/mol. The molecule has 3 aromatic heterocycles. The maximum absolute atomic E-state index is 2.57. The minimum atomic E-state index is 0.153. The van der Waals surface area contributed by atoms with Crippen LogP contribution in [0.2, 0.25) is 0 Å². The van der Waals surface area contributed by atoms with Crippen LogP contribution in [0.5, 0.6) is 0 Å². The zero-order chi connectivity index (χ0) is 41.9. The van der Waals surface area contributed by atoms with E-state index in [-0.39, 0.29) is 12.0 Å². The summed E-state index contributed by atoms with van der Waals surface area (Å²) >= 11 is 0. The fraction of sp³-hybridized carbons (Fsp3) is 0.0333. The SMILES string of the molecule is C1=CC2c3ccccc3N(c3cc(-c4cc(-n5c6ccccc6c6ccccc65)cc(-n5c6ccccc6c6ccccc65)c4)cc(-n4c5ccccc5c5ccccc54)c3)C2C=C1. The number of nitrogens with zero attached hydrogens (tertiary/aromatic N) is 4. The third kappa shape index (κ3) is 5.05. The van der Waals surface area contributed by atoms with E-state index in [4.69, 9.17) is 0 Å². The highest BCUT2D eigenvalue weighted by atomic mass is 15.2. The highest BCUT2D eigenvalue weighted by Crippen LogP contribution is 2.49. The highest BCUT2D eigenvalue weighted by molar-refractivity contribution is 6.12. The van der Waals surface area contributed by atoms with E-state index >= 15 is 0 Å². The van der Waals surface area contributed by atoms with Gasteiger partial charge in [0.1, 0.15) is 0 Å². The Balaban J connectivity index is 1.10. The monoisotopic (exact) mass is 816 g/mol. The zero-order valence-corrected chi connectivity index (χ0v) is 34.9. The second kappa shape index (κ2) is 13.6. The zero-order valence-electron chi connectivity index (χ0n) is 34.9. The fourth-order valence-corrected chi connectivity index (χ4v) is 11.2. The lowest BCUT2D eigenvalue weighted by Crippen LogP contribution is -2.28. The first-order chi connectivity index (χ1) is 31.8. The number of rotatable bonds is 5. The van der Waals surface area contributed by atoms with Gasteiger partial charge in [-0.1, -0.05) is 152 Å². The van der Waals surface area contributed by atoms with Crippen molar-refractivity contribution < 1.29 is 0 Å². The van der Waals surface area contributed by atoms with Crippen LogP contribution < -0.4 is 4.90 Å². The summed E-state index contributed by atoms with van der Waals surface area (Å²) in [5.41, 5.74) is 16.5. The van der Waals surface area contributed by atoms with Crippen molar-refractivity contribution in [3.8, 4) is 28.2 Å². The number of benzene rings is 9. The molecular formula is C60H40N4. The summed E-state index contributed by atoms with van der Waals surface area (Å²) in [7, 11) is 0. The van der Waals surface area contributed by atoms with Crippen LogP contribution in [0.4, 0.5) is 11.4 Å². The van der Waals surface area contributed by atoms with E-state index in [0.29, 0.717) is 0 Å². The third-order valence-corrected chi connectivity index (χ3v) is 13.9. The van der Waals surface area contributed by atoms with Crippen LogP contribution in [0.15, 0.2) is 231 Å². The Bertz CT molecular complexity index is 3650. The molecule has 1 aliphatic carbocycles. The van der Waals surface area contributed by atoms with Gasteiger partial charge in [-0.2, -0.15) is 0 Å². The lowest BCUT2D eigenvalue weighted by molar-refractivity contribution is 0.744. The van der Waals surface area contributed by atoms with Crippen molar-refractivity contribution in [2.24, 2.45) is 0 Å². The second-order valence-corrected chi connectivity index (χ2v) is 17.3. The second-order valence-electron chi connectivity index (χ2n) is 17.3. The Morgan fingerprint density at radius 2 is 0.625 bits per heavy atom. The first-order valence-corrected chi connectivity index (χ1v) is 22.3. The van der Waals surface area contributed by atoms with Gasteiger partial charge in [-0.15, -0.1) is 0 Å². The van der Waals surface area contributed by atoms with E-state index in [0.717, 1.165) is 33.9 Å². The molecule has 0 spiro atoms. The molecule has 1 aliphatic heterocycles. The number of anilines is 2. The van der Waals surface area contributed by atoms with Gasteiger partial charge in [0.15, 0.2) is 0 Å². The van der Waals surface area contributed by atoms with Crippen LogP contribution in [0.3, 0.4) is 0 Å². The number of hydrogen-bond donors (Lipinski definition) is 0. The minimum Gasteiger partial charge on any atom is -0.333 e. The summed E-state index contributed by atoms with van der Waals surface area (Å²) in [6.45, 7) is 0. The number of fused-ring (bicyclic) bond motifs is 12. The van der Waals surface area contributed by atoms with E-state index < -0.39 is 0 Å². The lowest BCUT2D eigenvalue weighted by atomic mass is 9.91. The summed E-state index contributed by atoms with van der Waals surface area (Å²) in [5, 5.41) is 7.48. The van der Waals surface area contributed by atoms with Gasteiger partial charge in [-0.05, 0) is 95.6 Å². The molecule has 0 bridgehead atoms. The Morgan fingerprint density at radius 1 is 0.297 bits per heavy atom. The molecule has 2 aliphatic rings. The molecule has 64 heavy (non-hydrogen) atoms. The summed E-state index contributed by atoms with van der Waals surface area (Å²) in [5.74, 6) is 0.266.